The number of nitrogens with one attached hydrogen (secondary N) is 2. The molecule has 0 amide bonds. The van der Waals surface area contributed by atoms with Crippen LogP contribution in [0.1, 0.15) is 52.9 Å². The van der Waals surface area contributed by atoms with Crippen molar-refractivity contribution in [2.75, 3.05) is 31.9 Å². The number of halogens is 1. The van der Waals surface area contributed by atoms with Gasteiger partial charge >= 0.3 is 0 Å². The quantitative estimate of drug-likeness (QED) is 0.367. The monoisotopic (exact) mass is 454 g/mol. The minimum absolute atomic E-state index is 0. The van der Waals surface area contributed by atoms with Crippen molar-refractivity contribution in [3.05, 3.63) is 0 Å². The molecular formula is C17H35IN4S. The van der Waals surface area contributed by atoms with E-state index in [-0.39, 0.29) is 24.0 Å². The molecule has 4 nitrogen and oxygen atoms in total. The van der Waals surface area contributed by atoms with Crippen LogP contribution < -0.4 is 10.6 Å². The summed E-state index contributed by atoms with van der Waals surface area (Å²) < 4.78 is 0. The van der Waals surface area contributed by atoms with Crippen LogP contribution in [0.2, 0.25) is 0 Å². The minimum atomic E-state index is 0. The summed E-state index contributed by atoms with van der Waals surface area (Å²) in [5.74, 6) is 2.32. The molecule has 0 aromatic rings. The minimum Gasteiger partial charge on any atom is -0.357 e. The van der Waals surface area contributed by atoms with Crippen LogP contribution in [-0.4, -0.2) is 60.1 Å². The highest BCUT2D eigenvalue weighted by molar-refractivity contribution is 14.0. The molecule has 0 saturated carbocycles. The van der Waals surface area contributed by atoms with Crippen molar-refractivity contribution in [3.63, 3.8) is 0 Å². The maximum Gasteiger partial charge on any atom is 0.191 e. The van der Waals surface area contributed by atoms with Gasteiger partial charge < -0.3 is 10.6 Å². The lowest BCUT2D eigenvalue weighted by Crippen LogP contribution is -2.46. The molecule has 3 unspecified atom stereocenters. The summed E-state index contributed by atoms with van der Waals surface area (Å²) in [5, 5.41) is 7.69. The van der Waals surface area contributed by atoms with Gasteiger partial charge in [0.2, 0.25) is 0 Å². The second-order valence-corrected chi connectivity index (χ2v) is 8.08. The summed E-state index contributed by atoms with van der Waals surface area (Å²) in [6, 6.07) is 1.25. The Kier molecular flexibility index (Phi) is 10.9. The van der Waals surface area contributed by atoms with E-state index in [9.17, 15) is 0 Å². The first-order chi connectivity index (χ1) is 10.7. The molecule has 6 heteroatoms. The lowest BCUT2D eigenvalue weighted by molar-refractivity contribution is 0.118. The Balaban J connectivity index is 0.00000264. The molecule has 3 atom stereocenters. The zero-order valence-corrected chi connectivity index (χ0v) is 18.2. The Labute approximate surface area is 164 Å². The van der Waals surface area contributed by atoms with Crippen molar-refractivity contribution in [2.24, 2.45) is 4.99 Å². The van der Waals surface area contributed by atoms with Crippen molar-refractivity contribution >= 4 is 41.7 Å². The summed E-state index contributed by atoms with van der Waals surface area (Å²) in [4.78, 5) is 7.46. The standard InChI is InChI=1S/C17H34N4S.HI/c1-4-18-17(20-13-16-9-7-11-22-16)19-12-15(3)21-10-6-5-8-14(21)2;/h14-16H,4-13H2,1-3H3,(H2,18,19,20);1H. The highest BCUT2D eigenvalue weighted by Gasteiger charge is 2.23. The zero-order valence-electron chi connectivity index (χ0n) is 15.0. The van der Waals surface area contributed by atoms with Gasteiger partial charge in [-0.3, -0.25) is 9.89 Å². The number of hydrogen-bond donors (Lipinski definition) is 2. The van der Waals surface area contributed by atoms with Gasteiger partial charge in [-0.15, -0.1) is 24.0 Å². The number of piperidine rings is 1. The molecule has 0 aromatic carbocycles. The average Bonchev–Trinajstić information content (AvgIpc) is 3.03. The fraction of sp³-hybridized carbons (Fsp3) is 0.941. The van der Waals surface area contributed by atoms with Crippen LogP contribution in [0.25, 0.3) is 0 Å². The molecule has 2 heterocycles. The molecule has 0 aromatic heterocycles. The van der Waals surface area contributed by atoms with Crippen molar-refractivity contribution in [1.29, 1.82) is 0 Å². The average molecular weight is 454 g/mol. The number of nitrogens with zero attached hydrogens (tertiary/aromatic N) is 2. The Hall–Kier alpha value is 0.310. The highest BCUT2D eigenvalue weighted by atomic mass is 127. The molecule has 0 aliphatic carbocycles. The Bertz CT molecular complexity index is 347. The molecule has 2 saturated heterocycles. The number of rotatable bonds is 6. The third-order valence-corrected chi connectivity index (χ3v) is 6.20. The number of guanidine groups is 1. The lowest BCUT2D eigenvalue weighted by Gasteiger charge is -2.37. The third-order valence-electron chi connectivity index (χ3n) is 4.80. The highest BCUT2D eigenvalue weighted by Crippen LogP contribution is 2.25. The summed E-state index contributed by atoms with van der Waals surface area (Å²) in [6.07, 6.45) is 6.78. The summed E-state index contributed by atoms with van der Waals surface area (Å²) in [5.41, 5.74) is 0. The first-order valence-corrected chi connectivity index (χ1v) is 10.1. The van der Waals surface area contributed by atoms with E-state index in [1.807, 2.05) is 0 Å². The van der Waals surface area contributed by atoms with E-state index in [1.165, 1.54) is 44.4 Å². The van der Waals surface area contributed by atoms with E-state index < -0.39 is 0 Å². The van der Waals surface area contributed by atoms with Crippen molar-refractivity contribution in [1.82, 2.24) is 15.5 Å². The van der Waals surface area contributed by atoms with E-state index >= 15 is 0 Å². The molecule has 0 spiro atoms. The van der Waals surface area contributed by atoms with Gasteiger partial charge in [-0.1, -0.05) is 6.42 Å². The second kappa shape index (κ2) is 11.8. The zero-order chi connectivity index (χ0) is 15.8. The van der Waals surface area contributed by atoms with Crippen LogP contribution in [0.4, 0.5) is 0 Å². The van der Waals surface area contributed by atoms with E-state index in [0.29, 0.717) is 12.1 Å². The Morgan fingerprint density at radius 3 is 2.74 bits per heavy atom. The molecule has 2 aliphatic heterocycles. The van der Waals surface area contributed by atoms with E-state index in [4.69, 9.17) is 4.99 Å². The van der Waals surface area contributed by atoms with Gasteiger partial charge in [-0.05, 0) is 58.8 Å². The van der Waals surface area contributed by atoms with Crippen LogP contribution in [0, 0.1) is 0 Å². The molecule has 0 bridgehead atoms. The van der Waals surface area contributed by atoms with Gasteiger partial charge in [-0.2, -0.15) is 11.8 Å². The number of likely N-dealkylation sites (tertiary alicyclic amines) is 1. The SMILES string of the molecule is CCNC(=NCC(C)N1CCCCC1C)NCC1CCCS1.I. The third kappa shape index (κ3) is 7.38. The smallest absolute Gasteiger partial charge is 0.191 e. The largest absolute Gasteiger partial charge is 0.357 e. The molecular weight excluding hydrogens is 419 g/mol. The fourth-order valence-corrected chi connectivity index (χ4v) is 4.66. The fourth-order valence-electron chi connectivity index (χ4n) is 3.46. The van der Waals surface area contributed by atoms with Gasteiger partial charge in [0.1, 0.15) is 0 Å². The number of hydrogen-bond acceptors (Lipinski definition) is 3. The van der Waals surface area contributed by atoms with Crippen molar-refractivity contribution in [3.8, 4) is 0 Å². The number of aliphatic imine (C=N–C) groups is 1. The van der Waals surface area contributed by atoms with Crippen molar-refractivity contribution in [2.45, 2.75) is 70.2 Å². The predicted octanol–water partition coefficient (Wildman–Crippen LogP) is 3.32. The topological polar surface area (TPSA) is 39.7 Å². The van der Waals surface area contributed by atoms with Crippen molar-refractivity contribution < 1.29 is 0 Å². The Morgan fingerprint density at radius 2 is 2.09 bits per heavy atom. The maximum absolute atomic E-state index is 4.83. The molecule has 2 N–H and O–H groups in total. The molecule has 2 aliphatic rings. The van der Waals surface area contributed by atoms with Crippen LogP contribution in [0.3, 0.4) is 0 Å². The molecule has 23 heavy (non-hydrogen) atoms. The summed E-state index contributed by atoms with van der Waals surface area (Å²) in [7, 11) is 0. The molecule has 2 rings (SSSR count). The van der Waals surface area contributed by atoms with Gasteiger partial charge in [0.25, 0.3) is 0 Å². The maximum atomic E-state index is 4.83. The first kappa shape index (κ1) is 21.4. The Morgan fingerprint density at radius 1 is 1.26 bits per heavy atom. The van der Waals surface area contributed by atoms with E-state index in [2.05, 4.69) is 48.1 Å². The van der Waals surface area contributed by atoms with Crippen LogP contribution in [0.15, 0.2) is 4.99 Å². The summed E-state index contributed by atoms with van der Waals surface area (Å²) in [6.45, 7) is 10.9. The summed E-state index contributed by atoms with van der Waals surface area (Å²) >= 11 is 2.10. The lowest BCUT2D eigenvalue weighted by atomic mass is 10.0. The van der Waals surface area contributed by atoms with Gasteiger partial charge in [0, 0.05) is 30.4 Å². The predicted molar refractivity (Wildman–Crippen MR) is 114 cm³/mol. The van der Waals surface area contributed by atoms with Gasteiger partial charge in [0.15, 0.2) is 5.96 Å². The van der Waals surface area contributed by atoms with Crippen LogP contribution >= 0.6 is 35.7 Å². The van der Waals surface area contributed by atoms with Crippen LogP contribution in [0.5, 0.6) is 0 Å². The normalized spacial score (nSPS) is 27.3. The first-order valence-electron chi connectivity index (χ1n) is 9.10. The van der Waals surface area contributed by atoms with E-state index in [1.54, 1.807) is 0 Å². The van der Waals surface area contributed by atoms with Crippen LogP contribution in [-0.2, 0) is 0 Å². The van der Waals surface area contributed by atoms with E-state index in [0.717, 1.165) is 30.8 Å². The molecule has 0 radical (unpaired) electrons. The molecule has 136 valence electrons. The second-order valence-electron chi connectivity index (χ2n) is 6.67. The molecule has 2 fully saturated rings. The number of thioether (sulfide) groups is 1. The van der Waals surface area contributed by atoms with Gasteiger partial charge in [0.05, 0.1) is 6.54 Å². The van der Waals surface area contributed by atoms with Gasteiger partial charge in [-0.25, -0.2) is 0 Å².